The molecular weight excluding hydrogens is 126 g/mol. The molecule has 0 atom stereocenters. The van der Waals surface area contributed by atoms with Crippen molar-refractivity contribution in [3.05, 3.63) is 0 Å². The van der Waals surface area contributed by atoms with E-state index in [-0.39, 0.29) is 0 Å². The first kappa shape index (κ1) is 7.70. The van der Waals surface area contributed by atoms with Crippen molar-refractivity contribution in [2.45, 2.75) is 0 Å². The van der Waals surface area contributed by atoms with Crippen LogP contribution in [0.2, 0.25) is 0 Å². The molecule has 0 radical (unpaired) electrons. The number of hydrogen-bond acceptors (Lipinski definition) is 4. The quantitative estimate of drug-likeness (QED) is 0.200. The second kappa shape index (κ2) is 4.85. The van der Waals surface area contributed by atoms with Crippen LogP contribution in [-0.4, -0.2) is 24.7 Å². The van der Waals surface area contributed by atoms with Gasteiger partial charge in [0.05, 0.1) is 0 Å². The van der Waals surface area contributed by atoms with Crippen molar-refractivity contribution in [1.29, 1.82) is 0 Å². The van der Waals surface area contributed by atoms with Gasteiger partial charge in [-0.15, -0.1) is 0 Å². The Morgan fingerprint density at radius 2 is 2.56 bits per heavy atom. The molecule has 6 heteroatoms. The van der Waals surface area contributed by atoms with Crippen LogP contribution in [0.5, 0.6) is 0 Å². The van der Waals surface area contributed by atoms with Gasteiger partial charge in [0.25, 0.3) is 0 Å². The van der Waals surface area contributed by atoms with Gasteiger partial charge < -0.3 is 4.84 Å². The minimum Gasteiger partial charge on any atom is -0.322 e. The lowest BCUT2D eigenvalue weighted by Crippen LogP contribution is -2.26. The molecule has 0 aliphatic carbocycles. The Kier molecular flexibility index (Phi) is 4.15. The van der Waals surface area contributed by atoms with E-state index >= 15 is 0 Å². The van der Waals surface area contributed by atoms with E-state index in [1.54, 1.807) is 0 Å². The molecule has 0 aromatic rings. The van der Waals surface area contributed by atoms with Gasteiger partial charge in [-0.05, 0) is 0 Å². The van der Waals surface area contributed by atoms with E-state index in [1.807, 2.05) is 5.48 Å². The average Bonchev–Trinajstić information content (AvgIpc) is 1.89. The van der Waals surface area contributed by atoms with Crippen molar-refractivity contribution < 1.29 is 14.8 Å². The van der Waals surface area contributed by atoms with Crippen LogP contribution in [0.4, 0.5) is 4.79 Å². The Balaban J connectivity index is 3.17. The van der Waals surface area contributed by atoms with E-state index in [0.29, 0.717) is 0 Å². The Morgan fingerprint density at radius 3 is 3.00 bits per heavy atom. The Bertz CT molecular complexity index is 113. The third-order valence-corrected chi connectivity index (χ3v) is 0.425. The van der Waals surface area contributed by atoms with Gasteiger partial charge in [0, 0.05) is 7.05 Å². The van der Waals surface area contributed by atoms with Crippen molar-refractivity contribution >= 4 is 12.4 Å². The summed E-state index contributed by atoms with van der Waals surface area (Å²) in [6.45, 7) is 0. The third kappa shape index (κ3) is 4.56. The second-order valence-corrected chi connectivity index (χ2v) is 1.01. The van der Waals surface area contributed by atoms with Crippen LogP contribution in [0.3, 0.4) is 0 Å². The fraction of sp³-hybridized carbons (Fsp3) is 0.333. The molecule has 0 aliphatic heterocycles. The maximum Gasteiger partial charge on any atom is 0.455 e. The average molecular weight is 133 g/mol. The summed E-state index contributed by atoms with van der Waals surface area (Å²) in [7, 11) is 1.49. The zero-order chi connectivity index (χ0) is 7.11. The molecule has 0 fully saturated rings. The Morgan fingerprint density at radius 1 is 1.89 bits per heavy atom. The van der Waals surface area contributed by atoms with Crippen molar-refractivity contribution in [2.24, 2.45) is 4.99 Å². The number of rotatable bonds is 2. The maximum atomic E-state index is 9.98. The third-order valence-electron chi connectivity index (χ3n) is 0.425. The molecule has 1 amide bonds. The number of amides is 1. The molecule has 0 bridgehead atoms. The van der Waals surface area contributed by atoms with Crippen molar-refractivity contribution in [3.63, 3.8) is 0 Å². The van der Waals surface area contributed by atoms with Gasteiger partial charge in [0.1, 0.15) is 6.34 Å². The highest BCUT2D eigenvalue weighted by atomic mass is 16.7. The zero-order valence-electron chi connectivity index (χ0n) is 4.79. The van der Waals surface area contributed by atoms with Crippen LogP contribution in [-0.2, 0) is 4.84 Å². The Labute approximate surface area is 51.4 Å². The lowest BCUT2D eigenvalue weighted by Gasteiger charge is -1.97. The SMILES string of the molecule is CN=CNOC(=O)NO. The van der Waals surface area contributed by atoms with Gasteiger partial charge in [-0.1, -0.05) is 0 Å². The molecule has 0 aromatic carbocycles. The molecule has 0 aliphatic rings. The lowest BCUT2D eigenvalue weighted by atomic mass is 11.2. The number of carbonyl (C=O) groups excluding carboxylic acids is 1. The molecule has 0 rings (SSSR count). The normalized spacial score (nSPS) is 9.11. The molecule has 52 valence electrons. The zero-order valence-corrected chi connectivity index (χ0v) is 4.79. The molecule has 3 N–H and O–H groups in total. The van der Waals surface area contributed by atoms with Crippen LogP contribution in [0, 0.1) is 0 Å². The molecular formula is C3H7N3O3. The highest BCUT2D eigenvalue weighted by Gasteiger charge is 1.93. The molecule has 0 heterocycles. The fourth-order valence-electron chi connectivity index (χ4n) is 0.155. The monoisotopic (exact) mass is 133 g/mol. The summed E-state index contributed by atoms with van der Waals surface area (Å²) >= 11 is 0. The van der Waals surface area contributed by atoms with E-state index in [0.717, 1.165) is 6.34 Å². The smallest absolute Gasteiger partial charge is 0.322 e. The topological polar surface area (TPSA) is 83.0 Å². The predicted octanol–water partition coefficient (Wildman–Crippen LogP) is -0.736. The van der Waals surface area contributed by atoms with E-state index in [2.05, 4.69) is 9.83 Å². The van der Waals surface area contributed by atoms with Crippen LogP contribution in [0.15, 0.2) is 4.99 Å². The van der Waals surface area contributed by atoms with Crippen LogP contribution >= 0.6 is 0 Å². The van der Waals surface area contributed by atoms with Gasteiger partial charge in [-0.25, -0.2) is 15.8 Å². The summed E-state index contributed by atoms with van der Waals surface area (Å²) in [4.78, 5) is 17.4. The second-order valence-electron chi connectivity index (χ2n) is 1.01. The molecule has 0 saturated heterocycles. The van der Waals surface area contributed by atoms with Gasteiger partial charge in [-0.3, -0.25) is 10.2 Å². The van der Waals surface area contributed by atoms with E-state index in [4.69, 9.17) is 5.21 Å². The summed E-state index contributed by atoms with van der Waals surface area (Å²) in [6, 6.07) is 0. The van der Waals surface area contributed by atoms with E-state index < -0.39 is 6.09 Å². The van der Waals surface area contributed by atoms with Crippen molar-refractivity contribution in [2.75, 3.05) is 7.05 Å². The summed E-state index contributed by atoms with van der Waals surface area (Å²) in [6.07, 6.45) is 0.157. The molecule has 0 aromatic heterocycles. The van der Waals surface area contributed by atoms with Gasteiger partial charge >= 0.3 is 6.09 Å². The van der Waals surface area contributed by atoms with Gasteiger partial charge in [-0.2, -0.15) is 0 Å². The van der Waals surface area contributed by atoms with E-state index in [9.17, 15) is 4.79 Å². The van der Waals surface area contributed by atoms with Gasteiger partial charge in [0.15, 0.2) is 0 Å². The first-order valence-electron chi connectivity index (χ1n) is 2.08. The molecule has 6 nitrogen and oxygen atoms in total. The van der Waals surface area contributed by atoms with Crippen molar-refractivity contribution in [1.82, 2.24) is 11.0 Å². The largest absolute Gasteiger partial charge is 0.455 e. The highest BCUT2D eigenvalue weighted by Crippen LogP contribution is 1.64. The first-order valence-corrected chi connectivity index (χ1v) is 2.08. The molecule has 9 heavy (non-hydrogen) atoms. The number of hydroxylamine groups is 2. The van der Waals surface area contributed by atoms with Gasteiger partial charge in [0.2, 0.25) is 0 Å². The van der Waals surface area contributed by atoms with Crippen LogP contribution in [0.25, 0.3) is 0 Å². The molecule has 0 saturated carbocycles. The number of aliphatic imine (C=N–C) groups is 1. The number of hydrogen-bond donors (Lipinski definition) is 3. The van der Waals surface area contributed by atoms with Crippen LogP contribution < -0.4 is 11.0 Å². The van der Waals surface area contributed by atoms with Crippen molar-refractivity contribution in [3.8, 4) is 0 Å². The summed E-state index contributed by atoms with van der Waals surface area (Å²) in [5, 5.41) is 7.83. The first-order chi connectivity index (χ1) is 4.31. The minimum absolute atomic E-state index is 0.991. The highest BCUT2D eigenvalue weighted by molar-refractivity contribution is 5.67. The fourth-order valence-corrected chi connectivity index (χ4v) is 0.155. The number of nitrogens with one attached hydrogen (secondary N) is 2. The molecule has 0 spiro atoms. The number of carbonyl (C=O) groups is 1. The molecule has 0 unspecified atom stereocenters. The summed E-state index contributed by atoms with van der Waals surface area (Å²) < 4.78 is 0. The van der Waals surface area contributed by atoms with Crippen LogP contribution in [0.1, 0.15) is 0 Å². The lowest BCUT2D eigenvalue weighted by molar-refractivity contribution is 0.0720. The number of nitrogens with zero attached hydrogens (tertiary/aromatic N) is 1. The Hall–Kier alpha value is -1.30. The van der Waals surface area contributed by atoms with E-state index in [1.165, 1.54) is 12.5 Å². The summed E-state index contributed by atoms with van der Waals surface area (Å²) in [5.41, 5.74) is 3.26. The standard InChI is InChI=1S/C3H7N3O3/c1-4-2-5-9-3(7)6-8/h2,8H,1H3,(H,4,5)(H,6,7). The summed E-state index contributed by atoms with van der Waals surface area (Å²) in [5.74, 6) is 0. The maximum absolute atomic E-state index is 9.98. The minimum atomic E-state index is -0.991. The predicted molar refractivity (Wildman–Crippen MR) is 29.0 cm³/mol.